The summed E-state index contributed by atoms with van der Waals surface area (Å²) in [6, 6.07) is 6.44. The van der Waals surface area contributed by atoms with Crippen molar-refractivity contribution in [3.63, 3.8) is 0 Å². The number of sulfonamides is 1. The van der Waals surface area contributed by atoms with E-state index in [1.807, 2.05) is 0 Å². The van der Waals surface area contributed by atoms with Gasteiger partial charge in [0.25, 0.3) is 5.89 Å². The third kappa shape index (κ3) is 3.12. The molecule has 0 spiro atoms. The van der Waals surface area contributed by atoms with E-state index in [9.17, 15) is 8.42 Å². The van der Waals surface area contributed by atoms with E-state index in [1.165, 1.54) is 26.2 Å². The van der Waals surface area contributed by atoms with Gasteiger partial charge in [0.15, 0.2) is 5.82 Å². The van der Waals surface area contributed by atoms with Crippen molar-refractivity contribution < 1.29 is 12.9 Å². The molecule has 1 aliphatic rings. The Hall–Kier alpha value is -1.48. The third-order valence-corrected chi connectivity index (χ3v) is 5.79. The highest BCUT2D eigenvalue weighted by Crippen LogP contribution is 2.37. The molecule has 0 aliphatic heterocycles. The molecule has 1 aromatic carbocycles. The number of benzene rings is 1. The van der Waals surface area contributed by atoms with Gasteiger partial charge in [0.2, 0.25) is 10.0 Å². The molecule has 0 bridgehead atoms. The molecule has 2 N–H and O–H groups in total. The van der Waals surface area contributed by atoms with Crippen LogP contribution in [0.25, 0.3) is 11.5 Å². The summed E-state index contributed by atoms with van der Waals surface area (Å²) in [5.74, 6) is 0.761. The molecular weight excluding hydrogens is 340 g/mol. The van der Waals surface area contributed by atoms with Crippen LogP contribution in [0.5, 0.6) is 0 Å². The van der Waals surface area contributed by atoms with Gasteiger partial charge in [-0.25, -0.2) is 12.7 Å². The van der Waals surface area contributed by atoms with E-state index in [4.69, 9.17) is 10.3 Å². The standard InChI is InChI=1S/C14H18N4O3S.ClH/c1-18(2)22(19,20)11-6-3-5-10(9-11)12-16-13(17-21-12)14(15)7-4-8-14;/h3,5-6,9H,4,7-8,15H2,1-2H3;1H. The summed E-state index contributed by atoms with van der Waals surface area (Å²) in [7, 11) is -0.528. The summed E-state index contributed by atoms with van der Waals surface area (Å²) in [5.41, 5.74) is 6.22. The van der Waals surface area contributed by atoms with E-state index in [0.29, 0.717) is 11.4 Å². The van der Waals surface area contributed by atoms with Crippen LogP contribution in [0.15, 0.2) is 33.7 Å². The molecule has 1 saturated carbocycles. The van der Waals surface area contributed by atoms with Gasteiger partial charge in [-0.1, -0.05) is 11.2 Å². The van der Waals surface area contributed by atoms with E-state index in [2.05, 4.69) is 10.1 Å². The zero-order valence-corrected chi connectivity index (χ0v) is 14.5. The van der Waals surface area contributed by atoms with Crippen LogP contribution in [0.3, 0.4) is 0 Å². The maximum absolute atomic E-state index is 12.2. The predicted octanol–water partition coefficient (Wildman–Crippen LogP) is 1.75. The number of hydrogen-bond acceptors (Lipinski definition) is 6. The van der Waals surface area contributed by atoms with E-state index < -0.39 is 15.6 Å². The fraction of sp³-hybridized carbons (Fsp3) is 0.429. The van der Waals surface area contributed by atoms with E-state index >= 15 is 0 Å². The Bertz CT molecular complexity index is 800. The maximum atomic E-state index is 12.2. The van der Waals surface area contributed by atoms with Crippen molar-refractivity contribution in [3.05, 3.63) is 30.1 Å². The second-order valence-electron chi connectivity index (χ2n) is 5.75. The zero-order chi connectivity index (χ0) is 16.0. The summed E-state index contributed by atoms with van der Waals surface area (Å²) >= 11 is 0. The van der Waals surface area contributed by atoms with Crippen LogP contribution in [0.1, 0.15) is 25.1 Å². The Morgan fingerprint density at radius 2 is 2.00 bits per heavy atom. The first-order valence-electron chi connectivity index (χ1n) is 6.99. The SMILES string of the molecule is CN(C)S(=O)(=O)c1cccc(-c2nc(C3(N)CCC3)no2)c1.Cl. The van der Waals surface area contributed by atoms with Crippen LogP contribution in [0.4, 0.5) is 0 Å². The summed E-state index contributed by atoms with van der Waals surface area (Å²) in [6.45, 7) is 0. The molecular formula is C14H19ClN4O3S. The Kier molecular flexibility index (Phi) is 4.81. The van der Waals surface area contributed by atoms with Crippen LogP contribution in [-0.4, -0.2) is 37.0 Å². The highest BCUT2D eigenvalue weighted by Gasteiger charge is 2.39. The molecule has 0 saturated heterocycles. The minimum atomic E-state index is -3.50. The summed E-state index contributed by atoms with van der Waals surface area (Å²) in [5, 5.41) is 3.94. The van der Waals surface area contributed by atoms with Gasteiger partial charge in [-0.2, -0.15) is 4.98 Å². The van der Waals surface area contributed by atoms with Crippen molar-refractivity contribution in [2.45, 2.75) is 29.7 Å². The molecule has 1 heterocycles. The lowest BCUT2D eigenvalue weighted by atomic mass is 9.77. The van der Waals surface area contributed by atoms with Gasteiger partial charge >= 0.3 is 0 Å². The van der Waals surface area contributed by atoms with Crippen LogP contribution < -0.4 is 5.73 Å². The van der Waals surface area contributed by atoms with E-state index in [-0.39, 0.29) is 23.2 Å². The van der Waals surface area contributed by atoms with Crippen LogP contribution in [-0.2, 0) is 15.6 Å². The smallest absolute Gasteiger partial charge is 0.258 e. The lowest BCUT2D eigenvalue weighted by molar-refractivity contribution is 0.229. The molecule has 1 aliphatic carbocycles. The predicted molar refractivity (Wildman–Crippen MR) is 87.6 cm³/mol. The number of nitrogens with zero attached hydrogens (tertiary/aromatic N) is 3. The monoisotopic (exact) mass is 358 g/mol. The average Bonchev–Trinajstić information content (AvgIpc) is 2.95. The maximum Gasteiger partial charge on any atom is 0.258 e. The van der Waals surface area contributed by atoms with Crippen molar-refractivity contribution in [2.24, 2.45) is 5.73 Å². The molecule has 3 rings (SSSR count). The topological polar surface area (TPSA) is 102 Å². The molecule has 0 radical (unpaired) electrons. The van der Waals surface area contributed by atoms with Crippen molar-refractivity contribution in [3.8, 4) is 11.5 Å². The molecule has 0 unspecified atom stereocenters. The Labute approximate surface area is 141 Å². The number of halogens is 1. The molecule has 1 fully saturated rings. The Morgan fingerprint density at radius 3 is 2.57 bits per heavy atom. The molecule has 0 amide bonds. The minimum Gasteiger partial charge on any atom is -0.334 e. The lowest BCUT2D eigenvalue weighted by Crippen LogP contribution is -2.44. The van der Waals surface area contributed by atoms with Gasteiger partial charge in [-0.3, -0.25) is 0 Å². The highest BCUT2D eigenvalue weighted by atomic mass is 35.5. The molecule has 1 aromatic heterocycles. The largest absolute Gasteiger partial charge is 0.334 e. The molecule has 126 valence electrons. The third-order valence-electron chi connectivity index (χ3n) is 3.98. The zero-order valence-electron chi connectivity index (χ0n) is 12.9. The van der Waals surface area contributed by atoms with Gasteiger partial charge in [0, 0.05) is 19.7 Å². The Balaban J connectivity index is 0.00000192. The summed E-state index contributed by atoms with van der Waals surface area (Å²) in [4.78, 5) is 4.51. The van der Waals surface area contributed by atoms with Gasteiger partial charge in [0.1, 0.15) is 0 Å². The minimum absolute atomic E-state index is 0. The second kappa shape index (κ2) is 6.20. The molecule has 9 heteroatoms. The molecule has 2 aromatic rings. The number of rotatable bonds is 4. The average molecular weight is 359 g/mol. The normalized spacial score (nSPS) is 16.7. The lowest BCUT2D eigenvalue weighted by Gasteiger charge is -2.34. The summed E-state index contributed by atoms with van der Waals surface area (Å²) < 4.78 is 30.8. The number of hydrogen-bond donors (Lipinski definition) is 1. The van der Waals surface area contributed by atoms with E-state index in [0.717, 1.165) is 23.6 Å². The van der Waals surface area contributed by atoms with Crippen LogP contribution in [0.2, 0.25) is 0 Å². The van der Waals surface area contributed by atoms with Gasteiger partial charge in [-0.15, -0.1) is 12.4 Å². The fourth-order valence-electron chi connectivity index (χ4n) is 2.32. The highest BCUT2D eigenvalue weighted by molar-refractivity contribution is 7.89. The fourth-order valence-corrected chi connectivity index (χ4v) is 3.27. The van der Waals surface area contributed by atoms with Crippen LogP contribution in [0, 0.1) is 0 Å². The molecule has 7 nitrogen and oxygen atoms in total. The quantitative estimate of drug-likeness (QED) is 0.893. The van der Waals surface area contributed by atoms with Gasteiger partial charge in [0.05, 0.1) is 10.4 Å². The second-order valence-corrected chi connectivity index (χ2v) is 7.90. The van der Waals surface area contributed by atoms with Crippen molar-refractivity contribution in [1.82, 2.24) is 14.4 Å². The van der Waals surface area contributed by atoms with Crippen LogP contribution >= 0.6 is 12.4 Å². The van der Waals surface area contributed by atoms with E-state index in [1.54, 1.807) is 12.1 Å². The van der Waals surface area contributed by atoms with Crippen molar-refractivity contribution in [2.75, 3.05) is 14.1 Å². The molecule has 0 atom stereocenters. The number of aromatic nitrogens is 2. The van der Waals surface area contributed by atoms with Gasteiger partial charge < -0.3 is 10.3 Å². The first-order valence-corrected chi connectivity index (χ1v) is 8.43. The number of nitrogens with two attached hydrogens (primary N) is 1. The first-order chi connectivity index (χ1) is 10.3. The van der Waals surface area contributed by atoms with Crippen molar-refractivity contribution in [1.29, 1.82) is 0 Å². The Morgan fingerprint density at radius 1 is 1.30 bits per heavy atom. The first kappa shape index (κ1) is 17.9. The molecule has 23 heavy (non-hydrogen) atoms. The van der Waals surface area contributed by atoms with Crippen molar-refractivity contribution >= 4 is 22.4 Å². The van der Waals surface area contributed by atoms with Gasteiger partial charge in [-0.05, 0) is 37.5 Å². The summed E-state index contributed by atoms with van der Waals surface area (Å²) in [6.07, 6.45) is 2.72.